The molecule has 4 nitrogen and oxygen atoms in total. The summed E-state index contributed by atoms with van der Waals surface area (Å²) in [6, 6.07) is 4.90. The summed E-state index contributed by atoms with van der Waals surface area (Å²) in [5, 5.41) is 3.07. The highest BCUT2D eigenvalue weighted by atomic mass is 79.9. The van der Waals surface area contributed by atoms with Crippen molar-refractivity contribution in [1.29, 1.82) is 0 Å². The molecule has 0 bridgehead atoms. The maximum absolute atomic E-state index is 11.9. The number of ether oxygens (including phenoxy) is 1. The van der Waals surface area contributed by atoms with Crippen molar-refractivity contribution in [2.24, 2.45) is 0 Å². The molecular formula is C11H10Br2ClNO3. The van der Waals surface area contributed by atoms with Gasteiger partial charge in [0, 0.05) is 16.0 Å². The van der Waals surface area contributed by atoms with Crippen LogP contribution in [0.3, 0.4) is 0 Å². The smallest absolute Gasteiger partial charge is 0.321 e. The van der Waals surface area contributed by atoms with E-state index in [2.05, 4.69) is 41.9 Å². The third-order valence-electron chi connectivity index (χ3n) is 2.07. The van der Waals surface area contributed by atoms with Gasteiger partial charge in [-0.1, -0.05) is 27.5 Å². The molecule has 0 aromatic heterocycles. The average Bonchev–Trinajstić information content (AvgIpc) is 2.37. The lowest BCUT2D eigenvalue weighted by molar-refractivity contribution is -0.139. The molecule has 1 aromatic carbocycles. The van der Waals surface area contributed by atoms with Crippen LogP contribution in [-0.2, 0) is 9.53 Å². The minimum Gasteiger partial charge on any atom is -0.468 e. The van der Waals surface area contributed by atoms with E-state index in [9.17, 15) is 9.59 Å². The zero-order valence-corrected chi connectivity index (χ0v) is 13.3. The van der Waals surface area contributed by atoms with Crippen molar-refractivity contribution < 1.29 is 14.3 Å². The fraction of sp³-hybridized carbons (Fsp3) is 0.273. The first-order chi connectivity index (χ1) is 8.45. The van der Waals surface area contributed by atoms with E-state index >= 15 is 0 Å². The number of esters is 1. The second-order valence-corrected chi connectivity index (χ2v) is 5.72. The minimum absolute atomic E-state index is 0.129. The molecule has 0 aliphatic heterocycles. The van der Waals surface area contributed by atoms with Crippen LogP contribution in [0, 0.1) is 0 Å². The molecule has 0 aliphatic rings. The van der Waals surface area contributed by atoms with Crippen LogP contribution in [0.2, 0.25) is 5.02 Å². The molecule has 1 amide bonds. The van der Waals surface area contributed by atoms with Crippen LogP contribution in [-0.4, -0.2) is 30.4 Å². The van der Waals surface area contributed by atoms with Crippen molar-refractivity contribution in [3.63, 3.8) is 0 Å². The standard InChI is InChI=1S/C11H10Br2ClNO3/c1-18-11(17)9(13)5-15-10(16)7-4-6(14)2-3-8(7)12/h2-4,9H,5H2,1H3,(H,15,16). The van der Waals surface area contributed by atoms with Gasteiger partial charge in [0.25, 0.3) is 5.91 Å². The van der Waals surface area contributed by atoms with E-state index in [0.29, 0.717) is 15.1 Å². The summed E-state index contributed by atoms with van der Waals surface area (Å²) < 4.78 is 5.16. The highest BCUT2D eigenvalue weighted by Crippen LogP contribution is 2.21. The molecule has 7 heteroatoms. The van der Waals surface area contributed by atoms with E-state index in [4.69, 9.17) is 11.6 Å². The summed E-state index contributed by atoms with van der Waals surface area (Å²) in [4.78, 5) is 22.4. The van der Waals surface area contributed by atoms with Gasteiger partial charge in [-0.15, -0.1) is 0 Å². The van der Waals surface area contributed by atoms with Crippen LogP contribution in [0.25, 0.3) is 0 Å². The van der Waals surface area contributed by atoms with Crippen molar-refractivity contribution in [2.45, 2.75) is 4.83 Å². The van der Waals surface area contributed by atoms with E-state index < -0.39 is 10.8 Å². The maximum Gasteiger partial charge on any atom is 0.321 e. The van der Waals surface area contributed by atoms with Gasteiger partial charge in [0.1, 0.15) is 4.83 Å². The van der Waals surface area contributed by atoms with E-state index in [1.807, 2.05) is 0 Å². The van der Waals surface area contributed by atoms with Gasteiger partial charge in [0.15, 0.2) is 0 Å². The number of amides is 1. The summed E-state index contributed by atoms with van der Waals surface area (Å²) >= 11 is 12.2. The number of hydrogen-bond acceptors (Lipinski definition) is 3. The Hall–Kier alpha value is -0.590. The Bertz CT molecular complexity index is 468. The molecule has 0 spiro atoms. The lowest BCUT2D eigenvalue weighted by Crippen LogP contribution is -2.34. The van der Waals surface area contributed by atoms with Gasteiger partial charge >= 0.3 is 5.97 Å². The molecule has 0 radical (unpaired) electrons. The van der Waals surface area contributed by atoms with Crippen molar-refractivity contribution in [3.05, 3.63) is 33.3 Å². The van der Waals surface area contributed by atoms with Gasteiger partial charge < -0.3 is 10.1 Å². The second kappa shape index (κ2) is 7.11. The number of carbonyl (C=O) groups is 2. The van der Waals surface area contributed by atoms with Crippen LogP contribution >= 0.6 is 43.5 Å². The van der Waals surface area contributed by atoms with E-state index in [0.717, 1.165) is 0 Å². The number of halogens is 3. The van der Waals surface area contributed by atoms with Crippen LogP contribution < -0.4 is 5.32 Å². The van der Waals surface area contributed by atoms with Gasteiger partial charge in [-0.25, -0.2) is 0 Å². The summed E-state index contributed by atoms with van der Waals surface area (Å²) in [5.74, 6) is -0.766. The molecule has 0 aliphatic carbocycles. The first kappa shape index (κ1) is 15.5. The molecule has 0 fully saturated rings. The van der Waals surface area contributed by atoms with Crippen molar-refractivity contribution in [1.82, 2.24) is 5.32 Å². The zero-order valence-electron chi connectivity index (χ0n) is 9.38. The first-order valence-corrected chi connectivity index (χ1v) is 6.99. The predicted molar refractivity (Wildman–Crippen MR) is 76.2 cm³/mol. The van der Waals surface area contributed by atoms with E-state index in [1.165, 1.54) is 7.11 Å². The predicted octanol–water partition coefficient (Wildman–Crippen LogP) is 2.77. The quantitative estimate of drug-likeness (QED) is 0.626. The molecule has 0 saturated carbocycles. The highest BCUT2D eigenvalue weighted by Gasteiger charge is 2.17. The average molecular weight is 399 g/mol. The summed E-state index contributed by atoms with van der Waals surface area (Å²) in [6.45, 7) is 0.129. The Morgan fingerprint density at radius 1 is 1.50 bits per heavy atom. The molecule has 1 N–H and O–H groups in total. The highest BCUT2D eigenvalue weighted by molar-refractivity contribution is 9.10. The molecule has 98 valence electrons. The number of rotatable bonds is 4. The molecule has 1 aromatic rings. The van der Waals surface area contributed by atoms with Crippen molar-refractivity contribution >= 4 is 55.3 Å². The van der Waals surface area contributed by atoms with Gasteiger partial charge in [-0.05, 0) is 34.1 Å². The monoisotopic (exact) mass is 397 g/mol. The number of methoxy groups -OCH3 is 1. The van der Waals surface area contributed by atoms with Gasteiger partial charge in [-0.2, -0.15) is 0 Å². The van der Waals surface area contributed by atoms with Gasteiger partial charge in [0.05, 0.1) is 12.7 Å². The Labute approximate surface area is 126 Å². The first-order valence-electron chi connectivity index (χ1n) is 4.91. The van der Waals surface area contributed by atoms with Crippen LogP contribution in [0.4, 0.5) is 0 Å². The van der Waals surface area contributed by atoms with Crippen LogP contribution in [0.15, 0.2) is 22.7 Å². The third kappa shape index (κ3) is 4.26. The topological polar surface area (TPSA) is 55.4 Å². The van der Waals surface area contributed by atoms with Crippen molar-refractivity contribution in [2.75, 3.05) is 13.7 Å². The second-order valence-electron chi connectivity index (χ2n) is 3.32. The molecule has 18 heavy (non-hydrogen) atoms. The molecule has 0 heterocycles. The minimum atomic E-state index is -0.579. The number of carbonyl (C=O) groups excluding carboxylic acids is 2. The SMILES string of the molecule is COC(=O)C(Br)CNC(=O)c1cc(Cl)ccc1Br. The molecule has 1 rings (SSSR count). The normalized spacial score (nSPS) is 11.8. The lowest BCUT2D eigenvalue weighted by Gasteiger charge is -2.10. The summed E-state index contributed by atoms with van der Waals surface area (Å²) in [7, 11) is 1.28. The number of benzene rings is 1. The Balaban J connectivity index is 2.66. The fourth-order valence-corrected chi connectivity index (χ4v) is 2.11. The Morgan fingerprint density at radius 2 is 2.17 bits per heavy atom. The Kier molecular flexibility index (Phi) is 6.11. The molecule has 0 saturated heterocycles. The zero-order chi connectivity index (χ0) is 13.7. The van der Waals surface area contributed by atoms with Crippen LogP contribution in [0.5, 0.6) is 0 Å². The van der Waals surface area contributed by atoms with Gasteiger partial charge in [0.2, 0.25) is 0 Å². The van der Waals surface area contributed by atoms with Gasteiger partial charge in [-0.3, -0.25) is 9.59 Å². The van der Waals surface area contributed by atoms with Crippen molar-refractivity contribution in [3.8, 4) is 0 Å². The fourth-order valence-electron chi connectivity index (χ4n) is 1.16. The van der Waals surface area contributed by atoms with E-state index in [1.54, 1.807) is 18.2 Å². The van der Waals surface area contributed by atoms with Crippen LogP contribution in [0.1, 0.15) is 10.4 Å². The maximum atomic E-state index is 11.9. The lowest BCUT2D eigenvalue weighted by atomic mass is 10.2. The molecular weight excluding hydrogens is 389 g/mol. The third-order valence-corrected chi connectivity index (χ3v) is 3.70. The number of alkyl halides is 1. The number of nitrogens with one attached hydrogen (secondary N) is 1. The summed E-state index contributed by atoms with van der Waals surface area (Å²) in [5.41, 5.74) is 0.409. The number of hydrogen-bond donors (Lipinski definition) is 1. The van der Waals surface area contributed by atoms with E-state index in [-0.39, 0.29) is 12.5 Å². The molecule has 1 atom stereocenters. The Morgan fingerprint density at radius 3 is 2.78 bits per heavy atom. The summed E-state index contributed by atoms with van der Waals surface area (Å²) in [6.07, 6.45) is 0. The molecule has 1 unspecified atom stereocenters. The largest absolute Gasteiger partial charge is 0.468 e.